The number of hydrogen-bond donors (Lipinski definition) is 1. The molecule has 1 aliphatic carbocycles. The molecule has 0 radical (unpaired) electrons. The van der Waals surface area contributed by atoms with E-state index in [2.05, 4.69) is 0 Å². The fourth-order valence-electron chi connectivity index (χ4n) is 1.80. The second kappa shape index (κ2) is 6.78. The quantitative estimate of drug-likeness (QED) is 0.721. The van der Waals surface area contributed by atoms with Gasteiger partial charge in [0.2, 0.25) is 5.91 Å². The first-order valence-corrected chi connectivity index (χ1v) is 7.04. The highest BCUT2D eigenvalue weighted by atomic mass is 16.6. The third kappa shape index (κ3) is 7.70. The molecule has 0 saturated heterocycles. The van der Waals surface area contributed by atoms with Gasteiger partial charge >= 0.3 is 6.09 Å². The molecule has 110 valence electrons. The summed E-state index contributed by atoms with van der Waals surface area (Å²) >= 11 is 0. The van der Waals surface area contributed by atoms with Crippen molar-refractivity contribution in [1.82, 2.24) is 4.90 Å². The lowest BCUT2D eigenvalue weighted by Crippen LogP contribution is -2.38. The highest BCUT2D eigenvalue weighted by molar-refractivity contribution is 5.73. The SMILES string of the molecule is CC(C)(C)OC(=O)N(CCCCC(N)=O)CC1CC1. The third-order valence-corrected chi connectivity index (χ3v) is 2.93. The molecule has 5 heteroatoms. The van der Waals surface area contributed by atoms with Crippen molar-refractivity contribution >= 4 is 12.0 Å². The Hall–Kier alpha value is -1.26. The van der Waals surface area contributed by atoms with Gasteiger partial charge in [-0.3, -0.25) is 4.79 Å². The first-order valence-electron chi connectivity index (χ1n) is 7.04. The smallest absolute Gasteiger partial charge is 0.410 e. The van der Waals surface area contributed by atoms with Gasteiger partial charge in [-0.1, -0.05) is 0 Å². The lowest BCUT2D eigenvalue weighted by atomic mass is 10.2. The molecule has 1 rings (SSSR count). The van der Waals surface area contributed by atoms with Gasteiger partial charge in [-0.2, -0.15) is 0 Å². The Balaban J connectivity index is 2.37. The van der Waals surface area contributed by atoms with Crippen molar-refractivity contribution in [2.75, 3.05) is 13.1 Å². The van der Waals surface area contributed by atoms with Crippen LogP contribution in [0, 0.1) is 5.92 Å². The van der Waals surface area contributed by atoms with Gasteiger partial charge in [0.25, 0.3) is 0 Å². The Labute approximate surface area is 115 Å². The first-order chi connectivity index (χ1) is 8.78. The number of unbranched alkanes of at least 4 members (excludes halogenated alkanes) is 1. The van der Waals surface area contributed by atoms with Crippen LogP contribution in [0.2, 0.25) is 0 Å². The largest absolute Gasteiger partial charge is 0.444 e. The molecule has 1 aliphatic rings. The zero-order valence-electron chi connectivity index (χ0n) is 12.3. The van der Waals surface area contributed by atoms with Crippen molar-refractivity contribution in [2.24, 2.45) is 11.7 Å². The molecule has 2 amide bonds. The summed E-state index contributed by atoms with van der Waals surface area (Å²) in [7, 11) is 0. The molecule has 1 saturated carbocycles. The molecule has 2 N–H and O–H groups in total. The number of nitrogens with two attached hydrogens (primary N) is 1. The summed E-state index contributed by atoms with van der Waals surface area (Å²) in [4.78, 5) is 24.5. The molecular weight excluding hydrogens is 244 g/mol. The fourth-order valence-corrected chi connectivity index (χ4v) is 1.80. The number of amides is 2. The Morgan fingerprint density at radius 1 is 1.26 bits per heavy atom. The van der Waals surface area contributed by atoms with E-state index in [1.165, 1.54) is 12.8 Å². The van der Waals surface area contributed by atoms with Crippen molar-refractivity contribution in [3.63, 3.8) is 0 Å². The molecule has 0 heterocycles. The van der Waals surface area contributed by atoms with E-state index in [-0.39, 0.29) is 12.0 Å². The number of hydrogen-bond acceptors (Lipinski definition) is 3. The van der Waals surface area contributed by atoms with Crippen LogP contribution in [0.4, 0.5) is 4.79 Å². The van der Waals surface area contributed by atoms with Gasteiger partial charge in [-0.05, 0) is 52.4 Å². The minimum absolute atomic E-state index is 0.251. The van der Waals surface area contributed by atoms with Gasteiger partial charge in [0.1, 0.15) is 5.60 Å². The van der Waals surface area contributed by atoms with Crippen molar-refractivity contribution in [3.05, 3.63) is 0 Å². The summed E-state index contributed by atoms with van der Waals surface area (Å²) in [5, 5.41) is 0. The van der Waals surface area contributed by atoms with Gasteiger partial charge in [-0.25, -0.2) is 4.79 Å². The van der Waals surface area contributed by atoms with Gasteiger partial charge in [-0.15, -0.1) is 0 Å². The van der Waals surface area contributed by atoms with Crippen LogP contribution in [0.25, 0.3) is 0 Å². The number of ether oxygens (including phenoxy) is 1. The Bertz CT molecular complexity index is 319. The number of nitrogens with zero attached hydrogens (tertiary/aromatic N) is 1. The third-order valence-electron chi connectivity index (χ3n) is 2.93. The predicted octanol–water partition coefficient (Wildman–Crippen LogP) is 2.29. The van der Waals surface area contributed by atoms with E-state index in [1.807, 2.05) is 20.8 Å². The molecule has 0 aromatic rings. The van der Waals surface area contributed by atoms with Crippen LogP contribution in [0.5, 0.6) is 0 Å². The van der Waals surface area contributed by atoms with Crippen LogP contribution in [0.3, 0.4) is 0 Å². The van der Waals surface area contributed by atoms with Crippen molar-refractivity contribution in [1.29, 1.82) is 0 Å². The molecule has 5 nitrogen and oxygen atoms in total. The van der Waals surface area contributed by atoms with E-state index in [0.29, 0.717) is 18.9 Å². The van der Waals surface area contributed by atoms with Crippen molar-refractivity contribution in [2.45, 2.75) is 58.5 Å². The molecule has 0 atom stereocenters. The first kappa shape index (κ1) is 15.8. The van der Waals surface area contributed by atoms with Gasteiger partial charge in [0, 0.05) is 19.5 Å². The van der Waals surface area contributed by atoms with Crippen LogP contribution >= 0.6 is 0 Å². The topological polar surface area (TPSA) is 72.6 Å². The molecule has 0 aliphatic heterocycles. The summed E-state index contributed by atoms with van der Waals surface area (Å²) in [6.07, 6.45) is 4.03. The summed E-state index contributed by atoms with van der Waals surface area (Å²) in [5.74, 6) is 0.342. The van der Waals surface area contributed by atoms with Crippen molar-refractivity contribution < 1.29 is 14.3 Å². The van der Waals surface area contributed by atoms with Gasteiger partial charge < -0.3 is 15.4 Å². The van der Waals surface area contributed by atoms with Crippen LogP contribution in [0.1, 0.15) is 52.9 Å². The number of primary amides is 1. The highest BCUT2D eigenvalue weighted by Crippen LogP contribution is 2.30. The van der Waals surface area contributed by atoms with E-state index in [1.54, 1.807) is 4.90 Å². The summed E-state index contributed by atoms with van der Waals surface area (Å²) in [5.41, 5.74) is 4.63. The normalized spacial score (nSPS) is 15.1. The standard InChI is InChI=1S/C14H26N2O3/c1-14(2,3)19-13(18)16(10-11-7-8-11)9-5-4-6-12(15)17/h11H,4-10H2,1-3H3,(H2,15,17). The fraction of sp³-hybridized carbons (Fsp3) is 0.857. The second-order valence-corrected chi connectivity index (χ2v) is 6.29. The molecule has 1 fully saturated rings. The van der Waals surface area contributed by atoms with Crippen LogP contribution in [-0.2, 0) is 9.53 Å². The van der Waals surface area contributed by atoms with Gasteiger partial charge in [0.05, 0.1) is 0 Å². The maximum Gasteiger partial charge on any atom is 0.410 e. The number of rotatable bonds is 7. The maximum absolute atomic E-state index is 12.1. The minimum atomic E-state index is -0.466. The van der Waals surface area contributed by atoms with Crippen LogP contribution in [-0.4, -0.2) is 35.6 Å². The number of carbonyl (C=O) groups excluding carboxylic acids is 2. The van der Waals surface area contributed by atoms with E-state index >= 15 is 0 Å². The number of carbonyl (C=O) groups is 2. The summed E-state index contributed by atoms with van der Waals surface area (Å²) in [6.45, 7) is 7.01. The Morgan fingerprint density at radius 3 is 2.37 bits per heavy atom. The van der Waals surface area contributed by atoms with Gasteiger partial charge in [0.15, 0.2) is 0 Å². The zero-order valence-corrected chi connectivity index (χ0v) is 12.3. The molecule has 0 spiro atoms. The summed E-state index contributed by atoms with van der Waals surface area (Å²) in [6, 6.07) is 0. The predicted molar refractivity (Wildman–Crippen MR) is 73.6 cm³/mol. The lowest BCUT2D eigenvalue weighted by molar-refractivity contribution is -0.118. The summed E-state index contributed by atoms with van der Waals surface area (Å²) < 4.78 is 5.40. The zero-order chi connectivity index (χ0) is 14.5. The van der Waals surface area contributed by atoms with E-state index in [0.717, 1.165) is 19.4 Å². The molecule has 0 aromatic heterocycles. The Kier molecular flexibility index (Phi) is 5.63. The molecule has 0 aromatic carbocycles. The molecule has 19 heavy (non-hydrogen) atoms. The van der Waals surface area contributed by atoms with Crippen LogP contribution < -0.4 is 5.73 Å². The second-order valence-electron chi connectivity index (χ2n) is 6.29. The average Bonchev–Trinajstić information content (AvgIpc) is 3.03. The average molecular weight is 270 g/mol. The maximum atomic E-state index is 12.1. The molecule has 0 unspecified atom stereocenters. The van der Waals surface area contributed by atoms with E-state index in [9.17, 15) is 9.59 Å². The van der Waals surface area contributed by atoms with E-state index in [4.69, 9.17) is 10.5 Å². The minimum Gasteiger partial charge on any atom is -0.444 e. The van der Waals surface area contributed by atoms with Crippen LogP contribution in [0.15, 0.2) is 0 Å². The van der Waals surface area contributed by atoms with E-state index < -0.39 is 5.60 Å². The Morgan fingerprint density at radius 2 is 1.89 bits per heavy atom. The molecular formula is C14H26N2O3. The van der Waals surface area contributed by atoms with Crippen molar-refractivity contribution in [3.8, 4) is 0 Å². The lowest BCUT2D eigenvalue weighted by Gasteiger charge is -2.27. The monoisotopic (exact) mass is 270 g/mol. The highest BCUT2D eigenvalue weighted by Gasteiger charge is 2.29. The molecule has 0 bridgehead atoms.